The molecule has 0 radical (unpaired) electrons. The molecule has 170 valence electrons. The molecule has 0 aromatic carbocycles. The van der Waals surface area contributed by atoms with Crippen LogP contribution in [-0.2, 0) is 9.53 Å². The second-order valence-electron chi connectivity index (χ2n) is 7.51. The lowest BCUT2D eigenvalue weighted by molar-refractivity contribution is -0.130. The molecule has 0 fully saturated rings. The molecule has 3 N–H and O–H groups in total. The predicted octanol–water partition coefficient (Wildman–Crippen LogP) is 4.51. The van der Waals surface area contributed by atoms with E-state index in [1.165, 1.54) is 6.42 Å². The van der Waals surface area contributed by atoms with Gasteiger partial charge in [0.2, 0.25) is 0 Å². The van der Waals surface area contributed by atoms with Gasteiger partial charge in [-0.3, -0.25) is 4.79 Å². The number of urea groups is 1. The zero-order valence-corrected chi connectivity index (χ0v) is 18.7. The minimum atomic E-state index is -0.402. The zero-order chi connectivity index (χ0) is 21.6. The number of rotatable bonds is 20. The highest BCUT2D eigenvalue weighted by Crippen LogP contribution is 2.09. The van der Waals surface area contributed by atoms with Gasteiger partial charge in [0.1, 0.15) is 6.10 Å². The number of aliphatic hydroxyl groups excluding tert-OH is 1. The number of hydrogen-bond acceptors (Lipinski definition) is 4. The molecule has 0 bridgehead atoms. The van der Waals surface area contributed by atoms with Gasteiger partial charge >= 0.3 is 6.03 Å². The van der Waals surface area contributed by atoms with Gasteiger partial charge in [0.05, 0.1) is 13.2 Å². The number of Topliss-reactive ketones (excluding diaryl/α,β-unsaturated/α-hetero) is 1. The summed E-state index contributed by atoms with van der Waals surface area (Å²) in [6.07, 6.45) is 16.5. The minimum absolute atomic E-state index is 0.0433. The number of allylic oxidation sites excluding steroid dienone is 2. The van der Waals surface area contributed by atoms with Crippen LogP contribution >= 0.6 is 0 Å². The van der Waals surface area contributed by atoms with Crippen molar-refractivity contribution in [2.24, 2.45) is 0 Å². The summed E-state index contributed by atoms with van der Waals surface area (Å²) in [5, 5.41) is 14.5. The second-order valence-corrected chi connectivity index (χ2v) is 7.51. The number of hydrogen-bond donors (Lipinski definition) is 3. The van der Waals surface area contributed by atoms with E-state index in [-0.39, 0.29) is 25.0 Å². The van der Waals surface area contributed by atoms with Crippen molar-refractivity contribution in [3.63, 3.8) is 0 Å². The average Bonchev–Trinajstić information content (AvgIpc) is 2.72. The Labute approximate surface area is 177 Å². The predicted molar refractivity (Wildman–Crippen MR) is 119 cm³/mol. The van der Waals surface area contributed by atoms with Crippen LogP contribution in [0.3, 0.4) is 0 Å². The second kappa shape index (κ2) is 21.3. The molecule has 1 unspecified atom stereocenters. The Balaban J connectivity index is 3.36. The third-order valence-corrected chi connectivity index (χ3v) is 4.77. The number of amides is 2. The van der Waals surface area contributed by atoms with Gasteiger partial charge in [0, 0.05) is 19.5 Å². The van der Waals surface area contributed by atoms with Crippen molar-refractivity contribution >= 4 is 11.8 Å². The maximum absolute atomic E-state index is 11.8. The van der Waals surface area contributed by atoms with E-state index in [9.17, 15) is 9.59 Å². The van der Waals surface area contributed by atoms with Gasteiger partial charge in [0.15, 0.2) is 5.78 Å². The van der Waals surface area contributed by atoms with Crippen molar-refractivity contribution in [2.45, 2.75) is 97.0 Å². The van der Waals surface area contributed by atoms with Crippen molar-refractivity contribution < 1.29 is 19.4 Å². The Morgan fingerprint density at radius 1 is 0.897 bits per heavy atom. The minimum Gasteiger partial charge on any atom is -0.394 e. The normalized spacial score (nSPS) is 12.2. The van der Waals surface area contributed by atoms with Crippen LogP contribution in [0.4, 0.5) is 4.79 Å². The molecule has 0 saturated carbocycles. The van der Waals surface area contributed by atoms with Gasteiger partial charge in [-0.2, -0.15) is 0 Å². The Morgan fingerprint density at radius 2 is 1.48 bits per heavy atom. The SMILES string of the molecule is CCCCCNC(=O)NCCCC/C=C\CCCCCCC(=O)C(C)OCCO. The van der Waals surface area contributed by atoms with Crippen LogP contribution in [0.5, 0.6) is 0 Å². The molecule has 6 nitrogen and oxygen atoms in total. The molecule has 1 atom stereocenters. The van der Waals surface area contributed by atoms with Crippen molar-refractivity contribution in [2.75, 3.05) is 26.3 Å². The van der Waals surface area contributed by atoms with Crippen LogP contribution in [0.1, 0.15) is 90.9 Å². The molecule has 0 aliphatic rings. The van der Waals surface area contributed by atoms with Gasteiger partial charge in [-0.1, -0.05) is 44.8 Å². The standard InChI is InChI=1S/C23H44N2O4/c1-3-4-14-17-24-23(28)25-18-15-12-10-8-6-5-7-9-11-13-16-22(27)21(2)29-20-19-26/h6,8,21,26H,3-5,7,9-20H2,1-2H3,(H2,24,25,28)/b8-6-. The molecule has 0 aromatic heterocycles. The van der Waals surface area contributed by atoms with E-state index in [0.29, 0.717) is 6.42 Å². The fraction of sp³-hybridized carbons (Fsp3) is 0.826. The number of carbonyl (C=O) groups is 2. The number of carbonyl (C=O) groups excluding carboxylic acids is 2. The number of ketones is 1. The Morgan fingerprint density at radius 3 is 2.10 bits per heavy atom. The summed E-state index contributed by atoms with van der Waals surface area (Å²) in [5.41, 5.74) is 0. The number of unbranched alkanes of at least 4 members (excludes halogenated alkanes) is 8. The largest absolute Gasteiger partial charge is 0.394 e. The highest BCUT2D eigenvalue weighted by molar-refractivity contribution is 5.82. The third-order valence-electron chi connectivity index (χ3n) is 4.77. The van der Waals surface area contributed by atoms with E-state index < -0.39 is 6.10 Å². The molecule has 0 saturated heterocycles. The van der Waals surface area contributed by atoms with Crippen LogP contribution < -0.4 is 10.6 Å². The van der Waals surface area contributed by atoms with Crippen LogP contribution in [-0.4, -0.2) is 49.3 Å². The summed E-state index contributed by atoms with van der Waals surface area (Å²) < 4.78 is 5.21. The van der Waals surface area contributed by atoms with Crippen LogP contribution in [0.15, 0.2) is 12.2 Å². The summed E-state index contributed by atoms with van der Waals surface area (Å²) in [6.45, 7) is 5.58. The molecule has 2 amide bonds. The van der Waals surface area contributed by atoms with Gasteiger partial charge in [-0.15, -0.1) is 0 Å². The maximum atomic E-state index is 11.8. The van der Waals surface area contributed by atoms with Crippen molar-refractivity contribution in [1.82, 2.24) is 10.6 Å². The van der Waals surface area contributed by atoms with Crippen LogP contribution in [0, 0.1) is 0 Å². The quantitative estimate of drug-likeness (QED) is 0.203. The highest BCUT2D eigenvalue weighted by atomic mass is 16.5. The van der Waals surface area contributed by atoms with Gasteiger partial charge in [-0.25, -0.2) is 4.79 Å². The van der Waals surface area contributed by atoms with E-state index in [0.717, 1.165) is 77.3 Å². The fourth-order valence-electron chi connectivity index (χ4n) is 2.90. The van der Waals surface area contributed by atoms with Gasteiger partial charge < -0.3 is 20.5 Å². The summed E-state index contributed by atoms with van der Waals surface area (Å²) in [4.78, 5) is 23.3. The smallest absolute Gasteiger partial charge is 0.314 e. The molecule has 0 aliphatic heterocycles. The number of nitrogens with one attached hydrogen (secondary N) is 2. The Hall–Kier alpha value is -1.40. The fourth-order valence-corrected chi connectivity index (χ4v) is 2.90. The lowest BCUT2D eigenvalue weighted by Crippen LogP contribution is -2.36. The molecule has 29 heavy (non-hydrogen) atoms. The first-order chi connectivity index (χ1) is 14.1. The van der Waals surface area contributed by atoms with E-state index in [4.69, 9.17) is 9.84 Å². The van der Waals surface area contributed by atoms with E-state index in [1.54, 1.807) is 6.92 Å². The zero-order valence-electron chi connectivity index (χ0n) is 18.7. The van der Waals surface area contributed by atoms with E-state index in [2.05, 4.69) is 29.7 Å². The third kappa shape index (κ3) is 19.7. The number of aliphatic hydroxyl groups is 1. The number of ether oxygens (including phenoxy) is 1. The topological polar surface area (TPSA) is 87.7 Å². The molecule has 0 heterocycles. The van der Waals surface area contributed by atoms with E-state index in [1.807, 2.05) is 0 Å². The average molecular weight is 413 g/mol. The first-order valence-corrected chi connectivity index (χ1v) is 11.5. The monoisotopic (exact) mass is 412 g/mol. The molecule has 0 rings (SSSR count). The van der Waals surface area contributed by atoms with Crippen molar-refractivity contribution in [3.8, 4) is 0 Å². The van der Waals surface area contributed by atoms with Crippen LogP contribution in [0.2, 0.25) is 0 Å². The lowest BCUT2D eigenvalue weighted by Gasteiger charge is -2.10. The summed E-state index contributed by atoms with van der Waals surface area (Å²) in [5.74, 6) is 0.127. The van der Waals surface area contributed by atoms with E-state index >= 15 is 0 Å². The Bertz CT molecular complexity index is 427. The molecule has 0 aromatic rings. The van der Waals surface area contributed by atoms with Crippen LogP contribution in [0.25, 0.3) is 0 Å². The highest BCUT2D eigenvalue weighted by Gasteiger charge is 2.12. The lowest BCUT2D eigenvalue weighted by atomic mass is 10.1. The van der Waals surface area contributed by atoms with Gasteiger partial charge in [-0.05, 0) is 51.9 Å². The maximum Gasteiger partial charge on any atom is 0.314 e. The molecule has 0 spiro atoms. The summed E-state index contributed by atoms with van der Waals surface area (Å²) in [7, 11) is 0. The first kappa shape index (κ1) is 27.6. The molecule has 0 aliphatic carbocycles. The summed E-state index contributed by atoms with van der Waals surface area (Å²) >= 11 is 0. The summed E-state index contributed by atoms with van der Waals surface area (Å²) in [6, 6.07) is -0.0505. The van der Waals surface area contributed by atoms with Crippen molar-refractivity contribution in [3.05, 3.63) is 12.2 Å². The van der Waals surface area contributed by atoms with Gasteiger partial charge in [0.25, 0.3) is 0 Å². The molecular formula is C23H44N2O4. The molecular weight excluding hydrogens is 368 g/mol. The van der Waals surface area contributed by atoms with Crippen molar-refractivity contribution in [1.29, 1.82) is 0 Å². The molecule has 6 heteroatoms. The Kier molecular flexibility index (Phi) is 20.3. The first-order valence-electron chi connectivity index (χ1n) is 11.5.